The van der Waals surface area contributed by atoms with Gasteiger partial charge in [0.05, 0.1) is 0 Å². The molecule has 0 aromatic rings. The fourth-order valence-corrected chi connectivity index (χ4v) is 1.07. The Balaban J connectivity index is 2.37. The minimum absolute atomic E-state index is 0.167. The minimum atomic E-state index is -0.229. The lowest BCUT2D eigenvalue weighted by Crippen LogP contribution is -2.59. The van der Waals surface area contributed by atoms with Gasteiger partial charge < -0.3 is 0 Å². The van der Waals surface area contributed by atoms with Crippen LogP contribution in [-0.2, 0) is 4.79 Å². The molecule has 1 saturated heterocycles. The van der Waals surface area contributed by atoms with Crippen LogP contribution in [0.3, 0.4) is 0 Å². The molecule has 0 unspecified atom stereocenters. The van der Waals surface area contributed by atoms with Crippen molar-refractivity contribution in [1.29, 1.82) is 5.26 Å². The van der Waals surface area contributed by atoms with Gasteiger partial charge in [0.2, 0.25) is 0 Å². The fourth-order valence-electron chi connectivity index (χ4n) is 1.07. The van der Waals surface area contributed by atoms with Crippen molar-refractivity contribution < 1.29 is 4.79 Å². The van der Waals surface area contributed by atoms with E-state index in [1.165, 1.54) is 0 Å². The lowest BCUT2D eigenvalue weighted by molar-refractivity contribution is -0.131. The summed E-state index contributed by atoms with van der Waals surface area (Å²) in [4.78, 5) is 11.0. The van der Waals surface area contributed by atoms with E-state index in [9.17, 15) is 4.79 Å². The van der Waals surface area contributed by atoms with E-state index < -0.39 is 0 Å². The van der Waals surface area contributed by atoms with Crippen molar-refractivity contribution in [3.05, 3.63) is 0 Å². The standard InChI is InChI=1S/C6H10N4O/c1-8-10-3-2-5(10)6(11)9-4-7/h5,8H,2-3H2,1H3,(H,9,11)/t5-/m0/s1. The second-order valence-electron chi connectivity index (χ2n) is 2.32. The summed E-state index contributed by atoms with van der Waals surface area (Å²) in [5.74, 6) is -0.229. The third-order valence-electron chi connectivity index (χ3n) is 1.79. The monoisotopic (exact) mass is 154 g/mol. The molecule has 1 heterocycles. The Morgan fingerprint density at radius 3 is 2.91 bits per heavy atom. The van der Waals surface area contributed by atoms with E-state index in [1.54, 1.807) is 18.2 Å². The molecule has 11 heavy (non-hydrogen) atoms. The van der Waals surface area contributed by atoms with E-state index >= 15 is 0 Å². The van der Waals surface area contributed by atoms with Crippen molar-refractivity contribution in [2.45, 2.75) is 12.5 Å². The first-order valence-corrected chi connectivity index (χ1v) is 3.42. The zero-order valence-electron chi connectivity index (χ0n) is 6.29. The summed E-state index contributed by atoms with van der Waals surface area (Å²) in [6, 6.07) is -0.167. The molecule has 60 valence electrons. The van der Waals surface area contributed by atoms with E-state index in [0.29, 0.717) is 0 Å². The van der Waals surface area contributed by atoms with E-state index in [2.05, 4.69) is 10.7 Å². The van der Waals surface area contributed by atoms with Crippen molar-refractivity contribution in [2.75, 3.05) is 13.6 Å². The largest absolute Gasteiger partial charge is 0.272 e. The maximum Gasteiger partial charge on any atom is 0.251 e. The topological polar surface area (TPSA) is 68.2 Å². The van der Waals surface area contributed by atoms with Gasteiger partial charge in [-0.3, -0.25) is 15.5 Å². The van der Waals surface area contributed by atoms with Gasteiger partial charge in [-0.1, -0.05) is 0 Å². The summed E-state index contributed by atoms with van der Waals surface area (Å²) in [5, 5.41) is 12.0. The third-order valence-corrected chi connectivity index (χ3v) is 1.79. The highest BCUT2D eigenvalue weighted by Crippen LogP contribution is 2.13. The van der Waals surface area contributed by atoms with Crippen LogP contribution in [0.4, 0.5) is 0 Å². The number of carbonyl (C=O) groups excluding carboxylic acids is 1. The predicted molar refractivity (Wildman–Crippen MR) is 37.9 cm³/mol. The summed E-state index contributed by atoms with van der Waals surface area (Å²) in [5.41, 5.74) is 2.85. The molecule has 0 aromatic carbocycles. The van der Waals surface area contributed by atoms with Crippen molar-refractivity contribution >= 4 is 5.91 Å². The molecule has 1 rings (SSSR count). The Labute approximate surface area is 64.9 Å². The second kappa shape index (κ2) is 3.32. The van der Waals surface area contributed by atoms with Crippen molar-refractivity contribution in [3.8, 4) is 6.19 Å². The van der Waals surface area contributed by atoms with E-state index in [1.807, 2.05) is 0 Å². The lowest BCUT2D eigenvalue weighted by Gasteiger charge is -2.37. The summed E-state index contributed by atoms with van der Waals surface area (Å²) in [6.45, 7) is 0.861. The van der Waals surface area contributed by atoms with Gasteiger partial charge in [0, 0.05) is 6.54 Å². The molecule has 0 radical (unpaired) electrons. The van der Waals surface area contributed by atoms with Crippen LogP contribution in [0.2, 0.25) is 0 Å². The number of hydrazine groups is 1. The number of nitrogens with zero attached hydrogens (tertiary/aromatic N) is 2. The molecule has 2 N–H and O–H groups in total. The molecule has 0 bridgehead atoms. The van der Waals surface area contributed by atoms with Crippen LogP contribution in [-0.4, -0.2) is 30.6 Å². The summed E-state index contributed by atoms with van der Waals surface area (Å²) < 4.78 is 0. The van der Waals surface area contributed by atoms with Gasteiger partial charge in [0.1, 0.15) is 6.04 Å². The highest BCUT2D eigenvalue weighted by molar-refractivity contribution is 5.83. The Bertz CT molecular complexity index is 195. The number of carbonyl (C=O) groups is 1. The highest BCUT2D eigenvalue weighted by atomic mass is 16.2. The summed E-state index contributed by atoms with van der Waals surface area (Å²) in [7, 11) is 1.76. The molecule has 1 aliphatic heterocycles. The molecule has 0 aromatic heterocycles. The SMILES string of the molecule is CNN1CC[C@H]1C(=O)NC#N. The van der Waals surface area contributed by atoms with Gasteiger partial charge in [-0.2, -0.15) is 5.26 Å². The van der Waals surface area contributed by atoms with E-state index in [-0.39, 0.29) is 11.9 Å². The van der Waals surface area contributed by atoms with E-state index in [0.717, 1.165) is 13.0 Å². The molecule has 1 atom stereocenters. The molecule has 1 aliphatic rings. The minimum Gasteiger partial charge on any atom is -0.272 e. The Morgan fingerprint density at radius 1 is 1.82 bits per heavy atom. The van der Waals surface area contributed by atoms with Crippen molar-refractivity contribution in [3.63, 3.8) is 0 Å². The smallest absolute Gasteiger partial charge is 0.251 e. The molecule has 1 fully saturated rings. The number of nitriles is 1. The van der Waals surface area contributed by atoms with Gasteiger partial charge in [-0.05, 0) is 13.5 Å². The van der Waals surface area contributed by atoms with Gasteiger partial charge >= 0.3 is 0 Å². The number of amides is 1. The third kappa shape index (κ3) is 1.48. The number of nitrogens with one attached hydrogen (secondary N) is 2. The molecular weight excluding hydrogens is 144 g/mol. The fraction of sp³-hybridized carbons (Fsp3) is 0.667. The molecule has 5 nitrogen and oxygen atoms in total. The van der Waals surface area contributed by atoms with Crippen LogP contribution in [0.15, 0.2) is 0 Å². The molecule has 0 spiro atoms. The Kier molecular flexibility index (Phi) is 2.41. The van der Waals surface area contributed by atoms with Crippen LogP contribution >= 0.6 is 0 Å². The van der Waals surface area contributed by atoms with Crippen LogP contribution in [0.1, 0.15) is 6.42 Å². The number of hydrogen-bond donors (Lipinski definition) is 2. The number of hydrogen-bond acceptors (Lipinski definition) is 4. The lowest BCUT2D eigenvalue weighted by atomic mass is 10.1. The normalized spacial score (nSPS) is 23.5. The Morgan fingerprint density at radius 2 is 2.55 bits per heavy atom. The van der Waals surface area contributed by atoms with Gasteiger partial charge in [0.15, 0.2) is 6.19 Å². The van der Waals surface area contributed by atoms with Gasteiger partial charge in [-0.25, -0.2) is 5.01 Å². The zero-order chi connectivity index (χ0) is 8.27. The first kappa shape index (κ1) is 7.98. The second-order valence-corrected chi connectivity index (χ2v) is 2.32. The van der Waals surface area contributed by atoms with Gasteiger partial charge in [-0.15, -0.1) is 0 Å². The molecule has 1 amide bonds. The molecular formula is C6H10N4O. The van der Waals surface area contributed by atoms with Crippen LogP contribution in [0.5, 0.6) is 0 Å². The molecule has 0 aliphatic carbocycles. The van der Waals surface area contributed by atoms with E-state index in [4.69, 9.17) is 5.26 Å². The van der Waals surface area contributed by atoms with Crippen LogP contribution in [0, 0.1) is 11.5 Å². The predicted octanol–water partition coefficient (Wildman–Crippen LogP) is -1.21. The van der Waals surface area contributed by atoms with Crippen LogP contribution < -0.4 is 10.7 Å². The van der Waals surface area contributed by atoms with Crippen molar-refractivity contribution in [1.82, 2.24) is 15.8 Å². The van der Waals surface area contributed by atoms with Gasteiger partial charge in [0.25, 0.3) is 5.91 Å². The number of rotatable bonds is 2. The first-order chi connectivity index (χ1) is 5.29. The zero-order valence-corrected chi connectivity index (χ0v) is 6.29. The maximum absolute atomic E-state index is 11.0. The Hall–Kier alpha value is -1.12. The first-order valence-electron chi connectivity index (χ1n) is 3.42. The average Bonchev–Trinajstić information content (AvgIpc) is 1.86. The molecule has 0 saturated carbocycles. The summed E-state index contributed by atoms with van der Waals surface area (Å²) in [6.07, 6.45) is 2.42. The summed E-state index contributed by atoms with van der Waals surface area (Å²) >= 11 is 0. The van der Waals surface area contributed by atoms with Crippen molar-refractivity contribution in [2.24, 2.45) is 0 Å². The maximum atomic E-state index is 11.0. The quantitative estimate of drug-likeness (QED) is 0.387. The average molecular weight is 154 g/mol. The highest BCUT2D eigenvalue weighted by Gasteiger charge is 2.32. The molecule has 5 heteroatoms. The van der Waals surface area contributed by atoms with Crippen LogP contribution in [0.25, 0.3) is 0 Å².